The zero-order valence-corrected chi connectivity index (χ0v) is 25.1. The van der Waals surface area contributed by atoms with Crippen molar-refractivity contribution in [3.63, 3.8) is 0 Å². The highest BCUT2D eigenvalue weighted by Gasteiger charge is 2.40. The first-order valence-electron chi connectivity index (χ1n) is 14.3. The Morgan fingerprint density at radius 2 is 1.67 bits per heavy atom. The largest absolute Gasteiger partial charge is 0.465 e. The molecule has 3 aromatic rings. The molecule has 43 heavy (non-hydrogen) atoms. The third kappa shape index (κ3) is 8.36. The molecule has 2 heterocycles. The number of nitrogens with one attached hydrogen (secondary N) is 2. The molecule has 0 bridgehead atoms. The maximum atomic E-state index is 14.3. The quantitative estimate of drug-likeness (QED) is 0.164. The van der Waals surface area contributed by atoms with Crippen molar-refractivity contribution in [2.75, 3.05) is 19.7 Å². The molecule has 0 aliphatic carbocycles. The van der Waals surface area contributed by atoms with E-state index >= 15 is 0 Å². The van der Waals surface area contributed by atoms with Gasteiger partial charge in [0.25, 0.3) is 0 Å². The number of carbonyl (C=O) groups excluding carboxylic acids is 4. The molecular formula is C32H37N5O5S. The van der Waals surface area contributed by atoms with Crippen LogP contribution in [0.1, 0.15) is 53.5 Å². The Hall–Kier alpha value is -4.35. The Morgan fingerprint density at radius 3 is 2.28 bits per heavy atom. The number of hydrogen-bond acceptors (Lipinski definition) is 7. The summed E-state index contributed by atoms with van der Waals surface area (Å²) in [6.07, 6.45) is 1.20. The standard InChI is InChI=1S/C32H37N5O5S/c1-3-42-27(39)20-34-29(28(22-11-6-4-7-12-22)23-13-8-5-9-14-23)32(41)37-18-10-15-25(37)31(40)35-19-24-16-17-26(43-24)30(33)36-21(2)38/h4-9,11-14,16-17,25,28-29,34H,3,10,15,18-20H2,1-2H3,(H,35,40)(H2,33,36,38)/t25-,29+/m0/s1. The maximum absolute atomic E-state index is 14.3. The van der Waals surface area contributed by atoms with Gasteiger partial charge in [0.15, 0.2) is 0 Å². The number of rotatable bonds is 12. The summed E-state index contributed by atoms with van der Waals surface area (Å²) < 4.78 is 5.14. The molecule has 3 amide bonds. The molecule has 2 atom stereocenters. The molecule has 1 aliphatic rings. The van der Waals surface area contributed by atoms with Crippen LogP contribution in [0.2, 0.25) is 0 Å². The first-order valence-corrected chi connectivity index (χ1v) is 15.1. The fourth-order valence-corrected chi connectivity index (χ4v) is 6.11. The summed E-state index contributed by atoms with van der Waals surface area (Å²) in [4.78, 5) is 58.2. The third-order valence-corrected chi connectivity index (χ3v) is 8.26. The highest BCUT2D eigenvalue weighted by atomic mass is 32.1. The first kappa shape index (κ1) is 31.6. The zero-order valence-electron chi connectivity index (χ0n) is 24.3. The molecule has 4 rings (SSSR count). The SMILES string of the molecule is CCOC(=O)CN[C@@H](C(=O)N1CCC[C@H]1C(=O)NCc1ccc(C(N)=NC(C)=O)s1)C(c1ccccc1)c1ccccc1. The summed E-state index contributed by atoms with van der Waals surface area (Å²) >= 11 is 1.33. The van der Waals surface area contributed by atoms with E-state index in [2.05, 4.69) is 15.6 Å². The van der Waals surface area contributed by atoms with Crippen molar-refractivity contribution in [3.05, 3.63) is 93.7 Å². The number of carbonyl (C=O) groups is 4. The second kappa shape index (κ2) is 15.2. The predicted octanol–water partition coefficient (Wildman–Crippen LogP) is 2.96. The lowest BCUT2D eigenvalue weighted by molar-refractivity contribution is -0.143. The van der Waals surface area contributed by atoms with E-state index in [4.69, 9.17) is 10.5 Å². The van der Waals surface area contributed by atoms with Crippen LogP contribution in [0.25, 0.3) is 0 Å². The van der Waals surface area contributed by atoms with Crippen molar-refractivity contribution in [3.8, 4) is 0 Å². The normalized spacial score (nSPS) is 15.7. The maximum Gasteiger partial charge on any atom is 0.319 e. The summed E-state index contributed by atoms with van der Waals surface area (Å²) in [5.41, 5.74) is 7.70. The molecule has 226 valence electrons. The Kier molecular flexibility index (Phi) is 11.2. The monoisotopic (exact) mass is 603 g/mol. The van der Waals surface area contributed by atoms with Gasteiger partial charge in [-0.1, -0.05) is 60.7 Å². The van der Waals surface area contributed by atoms with Gasteiger partial charge < -0.3 is 20.7 Å². The average molecular weight is 604 g/mol. The Balaban J connectivity index is 1.55. The van der Waals surface area contributed by atoms with Crippen LogP contribution in [0, 0.1) is 0 Å². The second-order valence-corrected chi connectivity index (χ2v) is 11.3. The topological polar surface area (TPSA) is 143 Å². The summed E-state index contributed by atoms with van der Waals surface area (Å²) in [6.45, 7) is 3.81. The molecule has 0 saturated carbocycles. The molecule has 1 saturated heterocycles. The lowest BCUT2D eigenvalue weighted by Gasteiger charge is -2.33. The van der Waals surface area contributed by atoms with E-state index in [9.17, 15) is 19.2 Å². The second-order valence-electron chi connectivity index (χ2n) is 10.2. The van der Waals surface area contributed by atoms with Gasteiger partial charge in [-0.25, -0.2) is 0 Å². The molecule has 1 fully saturated rings. The number of likely N-dealkylation sites (tertiary alicyclic amines) is 1. The highest BCUT2D eigenvalue weighted by Crippen LogP contribution is 2.31. The highest BCUT2D eigenvalue weighted by molar-refractivity contribution is 7.14. The van der Waals surface area contributed by atoms with Gasteiger partial charge in [-0.05, 0) is 43.0 Å². The fraction of sp³-hybridized carbons (Fsp3) is 0.344. The number of amidine groups is 1. The van der Waals surface area contributed by atoms with Crippen LogP contribution in [0.4, 0.5) is 0 Å². The van der Waals surface area contributed by atoms with E-state index in [1.165, 1.54) is 18.3 Å². The van der Waals surface area contributed by atoms with Crippen LogP contribution < -0.4 is 16.4 Å². The Bertz CT molecular complexity index is 1400. The van der Waals surface area contributed by atoms with Crippen molar-refractivity contribution >= 4 is 40.9 Å². The molecule has 1 aliphatic heterocycles. The van der Waals surface area contributed by atoms with Crippen molar-refractivity contribution in [2.45, 2.75) is 51.2 Å². The molecule has 1 aromatic heterocycles. The molecular weight excluding hydrogens is 566 g/mol. The van der Waals surface area contributed by atoms with Gasteiger partial charge in [0.05, 0.1) is 30.6 Å². The van der Waals surface area contributed by atoms with E-state index in [1.54, 1.807) is 17.9 Å². The number of aliphatic imine (C=N–C) groups is 1. The number of thiophene rings is 1. The third-order valence-electron chi connectivity index (χ3n) is 7.16. The van der Waals surface area contributed by atoms with Crippen molar-refractivity contribution in [2.24, 2.45) is 10.7 Å². The molecule has 4 N–H and O–H groups in total. The van der Waals surface area contributed by atoms with Crippen molar-refractivity contribution in [1.82, 2.24) is 15.5 Å². The average Bonchev–Trinajstić information content (AvgIpc) is 3.69. The minimum atomic E-state index is -0.828. The van der Waals surface area contributed by atoms with E-state index in [1.807, 2.05) is 66.7 Å². The van der Waals surface area contributed by atoms with Gasteiger partial charge in [0.2, 0.25) is 17.7 Å². The fourth-order valence-electron chi connectivity index (χ4n) is 5.26. The molecule has 11 heteroatoms. The lowest BCUT2D eigenvalue weighted by atomic mass is 9.84. The van der Waals surface area contributed by atoms with E-state index in [0.29, 0.717) is 24.3 Å². The first-order chi connectivity index (χ1) is 20.8. The molecule has 0 radical (unpaired) electrons. The molecule has 0 unspecified atom stereocenters. The van der Waals surface area contributed by atoms with Crippen LogP contribution >= 0.6 is 11.3 Å². The number of nitrogens with two attached hydrogens (primary N) is 1. The van der Waals surface area contributed by atoms with Crippen LogP contribution in [-0.2, 0) is 30.5 Å². The van der Waals surface area contributed by atoms with Gasteiger partial charge in [0.1, 0.15) is 11.9 Å². The predicted molar refractivity (Wildman–Crippen MR) is 165 cm³/mol. The van der Waals surface area contributed by atoms with Crippen molar-refractivity contribution < 1.29 is 23.9 Å². The van der Waals surface area contributed by atoms with E-state index in [0.717, 1.165) is 16.0 Å². The Morgan fingerprint density at radius 1 is 1.02 bits per heavy atom. The van der Waals surface area contributed by atoms with Crippen LogP contribution in [0.15, 0.2) is 77.8 Å². The summed E-state index contributed by atoms with van der Waals surface area (Å²) in [6, 6.07) is 21.4. The van der Waals surface area contributed by atoms with Gasteiger partial charge in [0, 0.05) is 24.3 Å². The Labute approximate surface area is 255 Å². The summed E-state index contributed by atoms with van der Waals surface area (Å²) in [5, 5.41) is 6.13. The smallest absolute Gasteiger partial charge is 0.319 e. The number of ether oxygens (including phenoxy) is 1. The lowest BCUT2D eigenvalue weighted by Crippen LogP contribution is -2.55. The minimum absolute atomic E-state index is 0.135. The van der Waals surface area contributed by atoms with Crippen LogP contribution in [0.3, 0.4) is 0 Å². The molecule has 0 spiro atoms. The van der Waals surface area contributed by atoms with Crippen LogP contribution in [-0.4, -0.2) is 66.2 Å². The molecule has 2 aromatic carbocycles. The number of esters is 1. The van der Waals surface area contributed by atoms with Crippen molar-refractivity contribution in [1.29, 1.82) is 0 Å². The zero-order chi connectivity index (χ0) is 30.8. The number of benzene rings is 2. The summed E-state index contributed by atoms with van der Waals surface area (Å²) in [5.74, 6) is -1.64. The van der Waals surface area contributed by atoms with Gasteiger partial charge in [-0.3, -0.25) is 24.5 Å². The van der Waals surface area contributed by atoms with Gasteiger partial charge >= 0.3 is 5.97 Å². The van der Waals surface area contributed by atoms with Crippen LogP contribution in [0.5, 0.6) is 0 Å². The molecule has 10 nitrogen and oxygen atoms in total. The number of amides is 3. The summed E-state index contributed by atoms with van der Waals surface area (Å²) in [7, 11) is 0. The number of nitrogens with zero attached hydrogens (tertiary/aromatic N) is 2. The minimum Gasteiger partial charge on any atom is -0.465 e. The van der Waals surface area contributed by atoms with Gasteiger partial charge in [-0.2, -0.15) is 4.99 Å². The van der Waals surface area contributed by atoms with E-state index < -0.39 is 24.0 Å². The number of hydrogen-bond donors (Lipinski definition) is 3. The van der Waals surface area contributed by atoms with E-state index in [-0.39, 0.29) is 43.3 Å². The van der Waals surface area contributed by atoms with Gasteiger partial charge in [-0.15, -0.1) is 11.3 Å².